The SMILES string of the molecule is C[C@@H]1S[C@@H]2[C@H](NC(=O)/C(=N\OC(C)(C)C(=O)[O-])c3csc(N)n3)C(=O)N2C(C(=O)O)=C1C[N+]1(Cc2nc3c(Cl)c(O)c(O)cc3c(=O)[nH]2)CCCC1.[Na+]. The number of aliphatic carboxylic acids is 2. The van der Waals surface area contributed by atoms with Crippen molar-refractivity contribution >= 4 is 80.2 Å². The molecule has 0 unspecified atom stereocenters. The summed E-state index contributed by atoms with van der Waals surface area (Å²) >= 11 is 8.49. The molecule has 53 heavy (non-hydrogen) atoms. The number of halogens is 1. The molecular formula is C31H33ClN8NaO10S2+. The van der Waals surface area contributed by atoms with Gasteiger partial charge >= 0.3 is 35.5 Å². The van der Waals surface area contributed by atoms with Crippen LogP contribution in [0.25, 0.3) is 10.9 Å². The number of anilines is 1. The Hall–Kier alpha value is -3.92. The summed E-state index contributed by atoms with van der Waals surface area (Å²) in [7, 11) is 0. The van der Waals surface area contributed by atoms with Gasteiger partial charge in [-0.25, -0.2) is 14.8 Å². The predicted molar refractivity (Wildman–Crippen MR) is 186 cm³/mol. The minimum absolute atomic E-state index is 0. The number of carbonyl (C=O) groups excluding carboxylic acids is 3. The van der Waals surface area contributed by atoms with Gasteiger partial charge in [-0.2, -0.15) is 0 Å². The maximum absolute atomic E-state index is 13.6. The van der Waals surface area contributed by atoms with E-state index in [-0.39, 0.29) is 80.9 Å². The Morgan fingerprint density at radius 2 is 1.91 bits per heavy atom. The number of thiazole rings is 1. The Morgan fingerprint density at radius 3 is 2.51 bits per heavy atom. The van der Waals surface area contributed by atoms with Crippen molar-refractivity contribution < 1.29 is 78.5 Å². The number of aromatic hydroxyl groups is 2. The van der Waals surface area contributed by atoms with Crippen molar-refractivity contribution in [2.24, 2.45) is 5.16 Å². The molecule has 0 spiro atoms. The molecule has 3 aliphatic rings. The number of benzene rings is 1. The molecule has 2 saturated heterocycles. The molecule has 2 aromatic heterocycles. The summed E-state index contributed by atoms with van der Waals surface area (Å²) in [5.74, 6) is -5.48. The van der Waals surface area contributed by atoms with Crippen LogP contribution in [0.1, 0.15) is 45.1 Å². The second-order valence-corrected chi connectivity index (χ2v) is 15.9. The van der Waals surface area contributed by atoms with Crippen LogP contribution >= 0.6 is 34.7 Å². The van der Waals surface area contributed by atoms with E-state index in [1.807, 2.05) is 0 Å². The summed E-state index contributed by atoms with van der Waals surface area (Å²) in [5.41, 5.74) is 3.02. The number of nitrogen functional groups attached to an aromatic ring is 1. The topological polar surface area (TPSA) is 274 Å². The fourth-order valence-corrected chi connectivity index (χ4v) is 8.69. The van der Waals surface area contributed by atoms with E-state index < -0.39 is 68.8 Å². The van der Waals surface area contributed by atoms with Crippen LogP contribution in [0.15, 0.2) is 32.7 Å². The molecule has 3 aliphatic heterocycles. The third-order valence-electron chi connectivity index (χ3n) is 9.20. The van der Waals surface area contributed by atoms with E-state index in [0.29, 0.717) is 23.1 Å². The van der Waals surface area contributed by atoms with Crippen molar-refractivity contribution in [3.05, 3.63) is 49.6 Å². The molecular weight excluding hydrogens is 767 g/mol. The van der Waals surface area contributed by atoms with Crippen LogP contribution in [-0.4, -0.2) is 111 Å². The van der Waals surface area contributed by atoms with Crippen molar-refractivity contribution in [1.29, 1.82) is 0 Å². The van der Waals surface area contributed by atoms with E-state index in [4.69, 9.17) is 22.2 Å². The largest absolute Gasteiger partial charge is 1.00 e. The summed E-state index contributed by atoms with van der Waals surface area (Å²) in [6.07, 6.45) is 1.62. The second-order valence-electron chi connectivity index (χ2n) is 13.2. The third-order valence-corrected chi connectivity index (χ3v) is 11.7. The van der Waals surface area contributed by atoms with Gasteiger partial charge in [-0.15, -0.1) is 23.1 Å². The average molecular weight is 800 g/mol. The van der Waals surface area contributed by atoms with Gasteiger partial charge in [-0.3, -0.25) is 19.3 Å². The molecule has 0 aliphatic carbocycles. The van der Waals surface area contributed by atoms with Crippen molar-refractivity contribution in [1.82, 2.24) is 25.2 Å². The van der Waals surface area contributed by atoms with Crippen molar-refractivity contribution in [3.8, 4) is 11.5 Å². The summed E-state index contributed by atoms with van der Waals surface area (Å²) in [5, 5.41) is 48.2. The fraction of sp³-hybridized carbons (Fsp3) is 0.419. The number of carbonyl (C=O) groups is 4. The number of carboxylic acids is 2. The van der Waals surface area contributed by atoms with Gasteiger partial charge in [-0.1, -0.05) is 16.8 Å². The van der Waals surface area contributed by atoms with Crippen LogP contribution in [0.3, 0.4) is 0 Å². The molecule has 7 N–H and O–H groups in total. The van der Waals surface area contributed by atoms with Gasteiger partial charge in [0.2, 0.25) is 0 Å². The van der Waals surface area contributed by atoms with Gasteiger partial charge < -0.3 is 50.6 Å². The quantitative estimate of drug-likeness (QED) is 0.0286. The number of hydrogen-bond donors (Lipinski definition) is 6. The Labute approximate surface area is 335 Å². The molecule has 18 nitrogen and oxygen atoms in total. The zero-order chi connectivity index (χ0) is 37.9. The molecule has 0 saturated carbocycles. The first-order valence-corrected chi connectivity index (χ1v) is 18.1. The average Bonchev–Trinajstić information content (AvgIpc) is 3.72. The number of thioether (sulfide) groups is 1. The number of phenolic OH excluding ortho intramolecular Hbond substituents is 2. The van der Waals surface area contributed by atoms with E-state index in [1.54, 1.807) is 6.92 Å². The van der Waals surface area contributed by atoms with Crippen LogP contribution in [0.5, 0.6) is 11.5 Å². The minimum atomic E-state index is -1.92. The summed E-state index contributed by atoms with van der Waals surface area (Å²) in [6.45, 7) is 5.74. The molecule has 3 aromatic rings. The molecule has 0 bridgehead atoms. The molecule has 1 aromatic carbocycles. The zero-order valence-electron chi connectivity index (χ0n) is 28.8. The van der Waals surface area contributed by atoms with E-state index in [9.17, 15) is 44.4 Å². The number of aromatic amines is 1. The maximum Gasteiger partial charge on any atom is 1.00 e. The van der Waals surface area contributed by atoms with Crippen LogP contribution in [0.2, 0.25) is 5.02 Å². The summed E-state index contributed by atoms with van der Waals surface area (Å²) in [6, 6.07) is -0.102. The van der Waals surface area contributed by atoms with Gasteiger partial charge in [0, 0.05) is 29.0 Å². The second kappa shape index (κ2) is 15.1. The van der Waals surface area contributed by atoms with Crippen molar-refractivity contribution in [2.75, 3.05) is 25.4 Å². The third kappa shape index (κ3) is 7.58. The predicted octanol–water partition coefficient (Wildman–Crippen LogP) is -2.78. The molecule has 6 rings (SSSR count). The number of H-pyrrole nitrogens is 1. The number of hydrogen-bond acceptors (Lipinski definition) is 15. The molecule has 3 atom stereocenters. The number of aromatic nitrogens is 3. The Morgan fingerprint density at radius 1 is 1.23 bits per heavy atom. The van der Waals surface area contributed by atoms with Gasteiger partial charge in [0.15, 0.2) is 33.8 Å². The van der Waals surface area contributed by atoms with Crippen molar-refractivity contribution in [3.63, 3.8) is 0 Å². The van der Waals surface area contributed by atoms with Gasteiger partial charge in [-0.05, 0) is 26.8 Å². The standard InChI is InChI=1S/C31H33ClN8O10S2.Na/c1-12-14(9-40(6-4-5-7-40)10-17-35-19-13(24(43)36-17)8-16(41)23(42)18(19)32)22(28(46)47)39-26(45)21(27(39)52-12)37-25(44)20(15-11-51-30(33)34-15)38-50-31(2,3)29(48)49;/h8,11-12,21,27H,4-7,9-10H2,1-3H3,(H7-,33,34,35,36,37,38,41,42,43,44,46,47,48,49);/q;+1/t12-,21+,27+;/m0./s1. The number of rotatable bonds is 11. The maximum atomic E-state index is 13.6. The summed E-state index contributed by atoms with van der Waals surface area (Å²) in [4.78, 5) is 81.9. The number of β-lactam (4-membered cyclic amide) rings is 1. The number of carboxylic acid groups (broad SMARTS) is 2. The van der Waals surface area contributed by atoms with E-state index in [0.717, 1.165) is 35.1 Å². The molecule has 2 amide bonds. The fourth-order valence-electron chi connectivity index (χ4n) is 6.46. The number of oxime groups is 1. The molecule has 276 valence electrons. The van der Waals surface area contributed by atoms with Crippen LogP contribution in [0.4, 0.5) is 5.13 Å². The molecule has 2 fully saturated rings. The Balaban J connectivity index is 0.00000541. The first-order valence-electron chi connectivity index (χ1n) is 15.9. The Bertz CT molecular complexity index is 2150. The number of phenols is 2. The number of amides is 2. The number of nitrogens with two attached hydrogens (primary N) is 1. The van der Waals surface area contributed by atoms with E-state index in [1.165, 1.54) is 31.0 Å². The van der Waals surface area contributed by atoms with Crippen LogP contribution in [0, 0.1) is 0 Å². The molecule has 0 radical (unpaired) electrons. The summed E-state index contributed by atoms with van der Waals surface area (Å²) < 4.78 is 0.304. The molecule has 22 heteroatoms. The van der Waals surface area contributed by atoms with Gasteiger partial charge in [0.1, 0.15) is 46.4 Å². The number of fused-ring (bicyclic) bond motifs is 2. The Kier molecular flexibility index (Phi) is 11.5. The normalized spacial score (nSPS) is 21.1. The number of likely N-dealkylation sites (tertiary alicyclic amines) is 1. The van der Waals surface area contributed by atoms with E-state index in [2.05, 4.69) is 25.4 Å². The number of nitrogens with zero attached hydrogens (tertiary/aromatic N) is 5. The zero-order valence-corrected chi connectivity index (χ0v) is 33.2. The van der Waals surface area contributed by atoms with Crippen LogP contribution < -0.4 is 51.3 Å². The first kappa shape index (κ1) is 40.3. The van der Waals surface area contributed by atoms with Gasteiger partial charge in [0.25, 0.3) is 17.4 Å². The van der Waals surface area contributed by atoms with Crippen LogP contribution in [-0.2, 0) is 30.6 Å². The smallest absolute Gasteiger partial charge is 0.546 e. The first-order chi connectivity index (χ1) is 24.4. The monoisotopic (exact) mass is 799 g/mol. The van der Waals surface area contributed by atoms with E-state index >= 15 is 0 Å². The van der Waals surface area contributed by atoms with Crippen molar-refractivity contribution in [2.45, 2.75) is 62.4 Å². The molecule has 5 heterocycles. The van der Waals surface area contributed by atoms with Gasteiger partial charge in [0.05, 0.1) is 24.4 Å². The minimum Gasteiger partial charge on any atom is -0.546 e. The number of quaternary nitrogens is 1. The number of nitrogens with one attached hydrogen (secondary N) is 2.